The third-order valence-electron chi connectivity index (χ3n) is 6.08. The fourth-order valence-corrected chi connectivity index (χ4v) is 4.31. The summed E-state index contributed by atoms with van der Waals surface area (Å²) in [6.45, 7) is -0.279. The molecule has 180 valence electrons. The van der Waals surface area contributed by atoms with Crippen LogP contribution in [0.15, 0.2) is 48.5 Å². The maximum atomic E-state index is 11.7. The summed E-state index contributed by atoms with van der Waals surface area (Å²) in [5.41, 5.74) is 2.20. The lowest BCUT2D eigenvalue weighted by molar-refractivity contribution is -0.305. The summed E-state index contributed by atoms with van der Waals surface area (Å²) >= 11 is 0. The van der Waals surface area contributed by atoms with Gasteiger partial charge in [-0.1, -0.05) is 24.3 Å². The monoisotopic (exact) mass is 472 g/mol. The van der Waals surface area contributed by atoms with Gasteiger partial charge in [0, 0.05) is 11.1 Å². The molecule has 10 nitrogen and oxygen atoms in total. The quantitative estimate of drug-likeness (QED) is 0.646. The van der Waals surface area contributed by atoms with Crippen molar-refractivity contribution in [1.82, 2.24) is 0 Å². The van der Waals surface area contributed by atoms with Crippen molar-refractivity contribution in [3.63, 3.8) is 0 Å². The molecule has 0 spiro atoms. The molecule has 0 saturated carbocycles. The van der Waals surface area contributed by atoms with Crippen LogP contribution in [0.3, 0.4) is 0 Å². The van der Waals surface area contributed by atoms with Gasteiger partial charge in [0.1, 0.15) is 24.4 Å². The molecule has 0 aromatic heterocycles. The molecule has 3 fully saturated rings. The summed E-state index contributed by atoms with van der Waals surface area (Å²) in [7, 11) is 2.64. The van der Waals surface area contributed by atoms with Gasteiger partial charge < -0.3 is 38.3 Å². The second-order valence-electron chi connectivity index (χ2n) is 8.05. The molecule has 34 heavy (non-hydrogen) atoms. The number of hydrogen-bond acceptors (Lipinski definition) is 10. The third-order valence-corrected chi connectivity index (χ3v) is 6.08. The highest BCUT2D eigenvalue weighted by Gasteiger charge is 2.58. The van der Waals surface area contributed by atoms with Crippen molar-refractivity contribution in [1.29, 1.82) is 0 Å². The van der Waals surface area contributed by atoms with Crippen molar-refractivity contribution in [2.75, 3.05) is 20.8 Å². The van der Waals surface area contributed by atoms with Crippen LogP contribution in [0.5, 0.6) is 0 Å². The first kappa shape index (κ1) is 22.9. The van der Waals surface area contributed by atoms with Crippen molar-refractivity contribution < 1.29 is 47.9 Å². The molecule has 7 unspecified atom stereocenters. The third kappa shape index (κ3) is 4.09. The van der Waals surface area contributed by atoms with Crippen LogP contribution in [0.1, 0.15) is 44.4 Å². The van der Waals surface area contributed by atoms with E-state index in [1.807, 2.05) is 0 Å². The van der Waals surface area contributed by atoms with Crippen LogP contribution in [0.2, 0.25) is 0 Å². The maximum absolute atomic E-state index is 11.7. The van der Waals surface area contributed by atoms with Crippen LogP contribution in [-0.4, -0.2) is 68.6 Å². The SMILES string of the molecule is COC(=O)c1ccc(C2OC3OC4C(CO)OC(c5ccc(C(=O)OC)cc5)OC4C3O2)cc1. The molecule has 2 aromatic carbocycles. The average molecular weight is 472 g/mol. The Kier molecular flexibility index (Phi) is 6.34. The Labute approximate surface area is 195 Å². The first-order valence-electron chi connectivity index (χ1n) is 10.8. The summed E-state index contributed by atoms with van der Waals surface area (Å²) in [5, 5.41) is 9.89. The molecule has 0 bridgehead atoms. The average Bonchev–Trinajstić information content (AvgIpc) is 3.46. The van der Waals surface area contributed by atoms with Gasteiger partial charge >= 0.3 is 11.9 Å². The van der Waals surface area contributed by atoms with Gasteiger partial charge in [0.15, 0.2) is 18.9 Å². The van der Waals surface area contributed by atoms with E-state index >= 15 is 0 Å². The Morgan fingerprint density at radius 2 is 1.21 bits per heavy atom. The van der Waals surface area contributed by atoms with Gasteiger partial charge in [-0.05, 0) is 24.3 Å². The van der Waals surface area contributed by atoms with E-state index in [0.29, 0.717) is 22.3 Å². The lowest BCUT2D eigenvalue weighted by Gasteiger charge is -2.38. The molecule has 1 N–H and O–H groups in total. The van der Waals surface area contributed by atoms with Gasteiger partial charge in [0.05, 0.1) is 32.0 Å². The zero-order chi connectivity index (χ0) is 23.8. The Hall–Kier alpha value is -2.86. The standard InChI is InChI=1S/C24H24O10/c1-28-20(26)12-3-7-14(8-4-12)22-30-16(11-25)17-18(32-22)19-24(31-17)34-23(33-19)15-9-5-13(6-10-15)21(27)29-2/h3-10,16-19,22-25H,11H2,1-2H3. The molecule has 7 atom stereocenters. The predicted molar refractivity (Wildman–Crippen MR) is 112 cm³/mol. The summed E-state index contributed by atoms with van der Waals surface area (Å²) in [4.78, 5) is 23.4. The van der Waals surface area contributed by atoms with Crippen LogP contribution in [0.25, 0.3) is 0 Å². The highest BCUT2D eigenvalue weighted by molar-refractivity contribution is 5.89. The molecular weight excluding hydrogens is 448 g/mol. The number of rotatable bonds is 5. The van der Waals surface area contributed by atoms with Crippen molar-refractivity contribution in [3.8, 4) is 0 Å². The van der Waals surface area contributed by atoms with Crippen LogP contribution in [0.4, 0.5) is 0 Å². The summed E-state index contributed by atoms with van der Waals surface area (Å²) in [6, 6.07) is 13.4. The molecule has 3 aliphatic rings. The zero-order valence-corrected chi connectivity index (χ0v) is 18.5. The zero-order valence-electron chi connectivity index (χ0n) is 18.5. The Balaban J connectivity index is 1.31. The maximum Gasteiger partial charge on any atom is 0.337 e. The van der Waals surface area contributed by atoms with Crippen LogP contribution in [-0.2, 0) is 33.2 Å². The molecule has 3 heterocycles. The van der Waals surface area contributed by atoms with Crippen molar-refractivity contribution in [2.24, 2.45) is 0 Å². The first-order valence-corrected chi connectivity index (χ1v) is 10.8. The topological polar surface area (TPSA) is 119 Å². The van der Waals surface area contributed by atoms with E-state index < -0.39 is 55.2 Å². The second kappa shape index (κ2) is 9.41. The Bertz CT molecular complexity index is 1040. The van der Waals surface area contributed by atoms with E-state index in [1.165, 1.54) is 14.2 Å². The number of methoxy groups -OCH3 is 2. The number of benzene rings is 2. The molecule has 10 heteroatoms. The van der Waals surface area contributed by atoms with Gasteiger partial charge in [0.25, 0.3) is 0 Å². The van der Waals surface area contributed by atoms with Crippen molar-refractivity contribution in [3.05, 3.63) is 70.8 Å². The molecule has 5 rings (SSSR count). The van der Waals surface area contributed by atoms with E-state index in [1.54, 1.807) is 48.5 Å². The Morgan fingerprint density at radius 3 is 1.71 bits per heavy atom. The van der Waals surface area contributed by atoms with Crippen molar-refractivity contribution >= 4 is 11.9 Å². The van der Waals surface area contributed by atoms with Gasteiger partial charge in [-0.3, -0.25) is 0 Å². The number of carbonyl (C=O) groups excluding carboxylic acids is 2. The number of fused-ring (bicyclic) bond motifs is 3. The minimum absolute atomic E-state index is 0.279. The van der Waals surface area contributed by atoms with Gasteiger partial charge in [0.2, 0.25) is 0 Å². The summed E-state index contributed by atoms with van der Waals surface area (Å²) in [6.07, 6.45) is -4.55. The van der Waals surface area contributed by atoms with Crippen LogP contribution in [0, 0.1) is 0 Å². The number of ether oxygens (including phenoxy) is 7. The fraction of sp³-hybridized carbons (Fsp3) is 0.417. The largest absolute Gasteiger partial charge is 0.465 e. The van der Waals surface area contributed by atoms with Gasteiger partial charge in [-0.2, -0.15) is 0 Å². The van der Waals surface area contributed by atoms with E-state index in [4.69, 9.17) is 33.2 Å². The molecule has 3 aliphatic heterocycles. The van der Waals surface area contributed by atoms with E-state index in [2.05, 4.69) is 0 Å². The van der Waals surface area contributed by atoms with Crippen LogP contribution < -0.4 is 0 Å². The van der Waals surface area contributed by atoms with E-state index in [9.17, 15) is 14.7 Å². The summed E-state index contributed by atoms with van der Waals surface area (Å²) < 4.78 is 39.6. The molecule has 0 radical (unpaired) electrons. The van der Waals surface area contributed by atoms with E-state index in [-0.39, 0.29) is 6.61 Å². The normalized spacial score (nSPS) is 32.0. The highest BCUT2D eigenvalue weighted by atomic mass is 16.8. The lowest BCUT2D eigenvalue weighted by atomic mass is 10.0. The number of aliphatic hydroxyl groups excluding tert-OH is 1. The van der Waals surface area contributed by atoms with E-state index in [0.717, 1.165) is 0 Å². The molecular formula is C24H24O10. The number of hydrogen-bond donors (Lipinski definition) is 1. The fourth-order valence-electron chi connectivity index (χ4n) is 4.31. The molecule has 0 aliphatic carbocycles. The van der Waals surface area contributed by atoms with Crippen LogP contribution >= 0.6 is 0 Å². The molecule has 2 aromatic rings. The van der Waals surface area contributed by atoms with Crippen molar-refractivity contribution in [2.45, 2.75) is 43.3 Å². The predicted octanol–water partition coefficient (Wildman–Crippen LogP) is 1.87. The Morgan fingerprint density at radius 1 is 0.706 bits per heavy atom. The van der Waals surface area contributed by atoms with Gasteiger partial charge in [-0.15, -0.1) is 0 Å². The minimum Gasteiger partial charge on any atom is -0.465 e. The molecule has 3 saturated heterocycles. The number of aliphatic hydroxyl groups is 1. The summed E-state index contributed by atoms with van der Waals surface area (Å²) in [5.74, 6) is -0.876. The highest BCUT2D eigenvalue weighted by Crippen LogP contribution is 2.45. The number of esters is 2. The smallest absolute Gasteiger partial charge is 0.337 e. The lowest BCUT2D eigenvalue weighted by Crippen LogP contribution is -2.50. The number of carbonyl (C=O) groups is 2. The minimum atomic E-state index is -0.797. The first-order chi connectivity index (χ1) is 16.5. The molecule has 0 amide bonds. The van der Waals surface area contributed by atoms with Gasteiger partial charge in [-0.25, -0.2) is 9.59 Å². The second-order valence-corrected chi connectivity index (χ2v) is 8.05.